The van der Waals surface area contributed by atoms with E-state index in [0.717, 1.165) is 22.8 Å². The predicted octanol–water partition coefficient (Wildman–Crippen LogP) is 4.22. The van der Waals surface area contributed by atoms with Crippen LogP contribution in [0.5, 0.6) is 0 Å². The van der Waals surface area contributed by atoms with Crippen molar-refractivity contribution >= 4 is 34.2 Å². The molecule has 2 aromatic carbocycles. The largest absolute Gasteiger partial charge is 0.412 e. The number of nitrogens with zero attached hydrogens (tertiary/aromatic N) is 4. The second-order valence-electron chi connectivity index (χ2n) is 6.44. The van der Waals surface area contributed by atoms with Crippen LogP contribution in [-0.2, 0) is 16.5 Å². The molecule has 174 valence electrons. The van der Waals surface area contributed by atoms with Crippen molar-refractivity contribution in [3.8, 4) is 0 Å². The van der Waals surface area contributed by atoms with Crippen LogP contribution in [0.1, 0.15) is 38.8 Å². The Kier molecular flexibility index (Phi) is 17.9. The molecule has 0 unspecified atom stereocenters. The van der Waals surface area contributed by atoms with Gasteiger partial charge in [0.2, 0.25) is 0 Å². The van der Waals surface area contributed by atoms with E-state index in [0.29, 0.717) is 11.4 Å². The van der Waals surface area contributed by atoms with Crippen LogP contribution in [0.15, 0.2) is 68.8 Å². The van der Waals surface area contributed by atoms with E-state index in [2.05, 4.69) is 20.3 Å². The molecule has 0 spiro atoms. The molecule has 31 heavy (non-hydrogen) atoms. The van der Waals surface area contributed by atoms with Crippen LogP contribution in [0.3, 0.4) is 0 Å². The van der Waals surface area contributed by atoms with E-state index in [4.69, 9.17) is 10.4 Å². The van der Waals surface area contributed by atoms with Crippen LogP contribution >= 0.6 is 0 Å². The van der Waals surface area contributed by atoms with Gasteiger partial charge in [-0.25, -0.2) is 0 Å². The normalized spacial score (nSPS) is 11.8. The topological polar surface area (TPSA) is 153 Å². The van der Waals surface area contributed by atoms with Crippen molar-refractivity contribution in [2.24, 2.45) is 20.3 Å². The average molecular weight is 475 g/mol. The van der Waals surface area contributed by atoms with Gasteiger partial charge in [-0.3, -0.25) is 9.98 Å². The Labute approximate surface area is 193 Å². The Morgan fingerprint density at radius 3 is 1.03 bits per heavy atom. The van der Waals surface area contributed by atoms with Crippen LogP contribution in [0.2, 0.25) is 0 Å². The van der Waals surface area contributed by atoms with Crippen molar-refractivity contribution < 1.29 is 37.9 Å². The number of aryl methyl sites for hydroxylation is 2. The molecule has 0 heterocycles. The SMILES string of the molecule is CC(=NO)C(C)=Nc1ccc(C)cc1.CC(=NO)C(C)=Nc1ccc(C)cc1.O.O.[Ni]. The van der Waals surface area contributed by atoms with Gasteiger partial charge in [-0.2, -0.15) is 0 Å². The van der Waals surface area contributed by atoms with Gasteiger partial charge in [-0.05, 0) is 65.8 Å². The van der Waals surface area contributed by atoms with Gasteiger partial charge in [0.25, 0.3) is 0 Å². The molecule has 8 nitrogen and oxygen atoms in total. The fraction of sp³-hybridized carbons (Fsp3) is 0.273. The summed E-state index contributed by atoms with van der Waals surface area (Å²) in [6.07, 6.45) is 0. The van der Waals surface area contributed by atoms with Crippen LogP contribution in [0, 0.1) is 13.8 Å². The number of benzene rings is 2. The summed E-state index contributed by atoms with van der Waals surface area (Å²) in [6, 6.07) is 15.7. The van der Waals surface area contributed by atoms with Crippen molar-refractivity contribution in [2.45, 2.75) is 41.5 Å². The van der Waals surface area contributed by atoms with E-state index < -0.39 is 0 Å². The molecule has 0 fully saturated rings. The van der Waals surface area contributed by atoms with Gasteiger partial charge in [0.15, 0.2) is 0 Å². The average Bonchev–Trinajstić information content (AvgIpc) is 2.70. The molecule has 0 bridgehead atoms. The Morgan fingerprint density at radius 1 is 0.548 bits per heavy atom. The molecule has 0 aromatic heterocycles. The summed E-state index contributed by atoms with van der Waals surface area (Å²) in [5, 5.41) is 23.2. The van der Waals surface area contributed by atoms with Crippen LogP contribution < -0.4 is 0 Å². The predicted molar refractivity (Wildman–Crippen MR) is 125 cm³/mol. The number of aliphatic imine (C=N–C) groups is 2. The van der Waals surface area contributed by atoms with Gasteiger partial charge < -0.3 is 21.4 Å². The van der Waals surface area contributed by atoms with E-state index in [-0.39, 0.29) is 27.4 Å². The molecule has 0 radical (unpaired) electrons. The van der Waals surface area contributed by atoms with Crippen molar-refractivity contribution in [2.75, 3.05) is 0 Å². The molecule has 0 amide bonds. The third-order valence-corrected chi connectivity index (χ3v) is 4.01. The fourth-order valence-corrected chi connectivity index (χ4v) is 1.93. The van der Waals surface area contributed by atoms with Crippen LogP contribution in [0.4, 0.5) is 11.4 Å². The van der Waals surface area contributed by atoms with Crippen molar-refractivity contribution in [3.05, 3.63) is 59.7 Å². The van der Waals surface area contributed by atoms with Gasteiger partial charge in [0, 0.05) is 16.5 Å². The standard InChI is InChI=1S/2C11H14N2O.Ni.2H2O/c2*1-8-4-6-11(7-5-8)12-9(2)10(3)13-14;;;/h2*4-7,14H,1-3H3;;2*1H2. The summed E-state index contributed by atoms with van der Waals surface area (Å²) in [5.41, 5.74) is 6.65. The van der Waals surface area contributed by atoms with E-state index in [1.165, 1.54) is 11.1 Å². The maximum atomic E-state index is 8.53. The number of rotatable bonds is 4. The molecule has 0 aliphatic rings. The second-order valence-corrected chi connectivity index (χ2v) is 6.44. The van der Waals surface area contributed by atoms with Gasteiger partial charge >= 0.3 is 0 Å². The molecular weight excluding hydrogens is 443 g/mol. The maximum absolute atomic E-state index is 8.53. The summed E-state index contributed by atoms with van der Waals surface area (Å²) in [7, 11) is 0. The fourth-order valence-electron chi connectivity index (χ4n) is 1.93. The van der Waals surface area contributed by atoms with E-state index in [9.17, 15) is 0 Å². The molecule has 0 saturated carbocycles. The summed E-state index contributed by atoms with van der Waals surface area (Å²) in [6.45, 7) is 11.1. The monoisotopic (exact) mass is 474 g/mol. The molecule has 6 N–H and O–H groups in total. The maximum Gasteiger partial charge on any atom is 0.0976 e. The molecule has 2 rings (SSSR count). The van der Waals surface area contributed by atoms with Gasteiger partial charge in [-0.1, -0.05) is 45.7 Å². The summed E-state index contributed by atoms with van der Waals surface area (Å²) >= 11 is 0. The summed E-state index contributed by atoms with van der Waals surface area (Å²) < 4.78 is 0. The molecule has 0 aliphatic carbocycles. The molecule has 0 aliphatic heterocycles. The number of oxime groups is 2. The molecule has 9 heteroatoms. The number of hydrogen-bond acceptors (Lipinski definition) is 6. The first-order valence-electron chi connectivity index (χ1n) is 8.88. The summed E-state index contributed by atoms with van der Waals surface area (Å²) in [4.78, 5) is 8.59. The quantitative estimate of drug-likeness (QED) is 0.294. The smallest absolute Gasteiger partial charge is 0.0976 e. The zero-order valence-electron chi connectivity index (χ0n) is 18.6. The van der Waals surface area contributed by atoms with Gasteiger partial charge in [0.05, 0.1) is 34.2 Å². The van der Waals surface area contributed by atoms with Gasteiger partial charge in [-0.15, -0.1) is 0 Å². The minimum Gasteiger partial charge on any atom is -0.412 e. The number of hydrogen-bond donors (Lipinski definition) is 2. The Morgan fingerprint density at radius 2 is 0.806 bits per heavy atom. The Hall–Kier alpha value is -2.87. The van der Waals surface area contributed by atoms with Crippen molar-refractivity contribution in [1.29, 1.82) is 0 Å². The summed E-state index contributed by atoms with van der Waals surface area (Å²) in [5.74, 6) is 0. The zero-order valence-corrected chi connectivity index (χ0v) is 19.6. The molecule has 0 saturated heterocycles. The minimum absolute atomic E-state index is 0. The first-order valence-corrected chi connectivity index (χ1v) is 8.88. The first kappa shape index (κ1) is 32.8. The van der Waals surface area contributed by atoms with Crippen LogP contribution in [0.25, 0.3) is 0 Å². The van der Waals surface area contributed by atoms with E-state index in [1.54, 1.807) is 13.8 Å². The first-order chi connectivity index (χ1) is 13.3. The molecule has 0 atom stereocenters. The van der Waals surface area contributed by atoms with E-state index >= 15 is 0 Å². The third kappa shape index (κ3) is 12.4. The van der Waals surface area contributed by atoms with Gasteiger partial charge in [0.1, 0.15) is 0 Å². The van der Waals surface area contributed by atoms with E-state index in [1.807, 2.05) is 76.2 Å². The minimum atomic E-state index is 0. The molecule has 2 aromatic rings. The zero-order chi connectivity index (χ0) is 21.1. The van der Waals surface area contributed by atoms with Crippen molar-refractivity contribution in [1.82, 2.24) is 0 Å². The Balaban J connectivity index is -0.000000461. The van der Waals surface area contributed by atoms with Crippen molar-refractivity contribution in [3.63, 3.8) is 0 Å². The molecular formula is C22H32N4NiO4. The van der Waals surface area contributed by atoms with Crippen LogP contribution in [-0.4, -0.2) is 44.2 Å². The Bertz CT molecular complexity index is 815. The third-order valence-electron chi connectivity index (χ3n) is 4.01. The second kappa shape index (κ2) is 16.9.